The van der Waals surface area contributed by atoms with E-state index < -0.39 is 0 Å². The fourth-order valence-electron chi connectivity index (χ4n) is 1.49. The van der Waals surface area contributed by atoms with Gasteiger partial charge in [-0.25, -0.2) is 0 Å². The highest BCUT2D eigenvalue weighted by Gasteiger charge is 2.05. The highest BCUT2D eigenvalue weighted by Crippen LogP contribution is 2.10. The van der Waals surface area contributed by atoms with Crippen molar-refractivity contribution in [2.45, 2.75) is 46.6 Å². The maximum atomic E-state index is 8.70. The molecule has 0 aliphatic carbocycles. The van der Waals surface area contributed by atoms with Gasteiger partial charge in [0.05, 0.1) is 12.6 Å². The molecule has 0 fully saturated rings. The largest absolute Gasteiger partial charge is 0.396 e. The van der Waals surface area contributed by atoms with Gasteiger partial charge in [0.15, 0.2) is 0 Å². The lowest BCUT2D eigenvalue weighted by atomic mass is 10.1. The molecule has 0 aromatic rings. The van der Waals surface area contributed by atoms with Crippen molar-refractivity contribution in [2.24, 2.45) is 10.9 Å². The molecule has 0 aliphatic rings. The van der Waals surface area contributed by atoms with Crippen molar-refractivity contribution in [1.82, 2.24) is 0 Å². The van der Waals surface area contributed by atoms with Crippen LogP contribution in [-0.4, -0.2) is 35.0 Å². The lowest BCUT2D eigenvalue weighted by Crippen LogP contribution is -2.11. The molecule has 0 spiro atoms. The van der Waals surface area contributed by atoms with Crippen LogP contribution in [-0.2, 0) is 0 Å². The van der Waals surface area contributed by atoms with E-state index in [1.54, 1.807) is 11.8 Å². The van der Waals surface area contributed by atoms with Crippen LogP contribution in [0.2, 0.25) is 0 Å². The summed E-state index contributed by atoms with van der Waals surface area (Å²) in [6.45, 7) is 9.02. The van der Waals surface area contributed by atoms with Gasteiger partial charge in [-0.15, -0.1) is 0 Å². The van der Waals surface area contributed by atoms with E-state index in [-0.39, 0.29) is 6.61 Å². The molecule has 1 atom stereocenters. The maximum Gasteiger partial charge on any atom is 0.0586 e. The SMILES string of the molecule is CCC(CSCCO)N=C(C)CC(C)C. The van der Waals surface area contributed by atoms with Crippen molar-refractivity contribution in [1.29, 1.82) is 0 Å². The molecule has 0 saturated heterocycles. The molecule has 1 unspecified atom stereocenters. The van der Waals surface area contributed by atoms with Gasteiger partial charge in [0.1, 0.15) is 0 Å². The molecule has 0 heterocycles. The Hall–Kier alpha value is -0.0200. The van der Waals surface area contributed by atoms with Crippen molar-refractivity contribution < 1.29 is 5.11 Å². The minimum atomic E-state index is 0.274. The first kappa shape index (κ1) is 15.0. The van der Waals surface area contributed by atoms with Crippen LogP contribution in [0.1, 0.15) is 40.5 Å². The second-order valence-electron chi connectivity index (χ2n) is 4.32. The topological polar surface area (TPSA) is 32.6 Å². The van der Waals surface area contributed by atoms with Gasteiger partial charge in [-0.3, -0.25) is 4.99 Å². The van der Waals surface area contributed by atoms with Crippen LogP contribution in [0, 0.1) is 5.92 Å². The summed E-state index contributed by atoms with van der Waals surface area (Å²) in [5.41, 5.74) is 1.27. The Morgan fingerprint density at radius 2 is 2.07 bits per heavy atom. The zero-order valence-corrected chi connectivity index (χ0v) is 11.3. The highest BCUT2D eigenvalue weighted by molar-refractivity contribution is 7.99. The van der Waals surface area contributed by atoms with Crippen LogP contribution in [0.4, 0.5) is 0 Å². The molecular formula is C12H25NOS. The Bertz CT molecular complexity index is 180. The summed E-state index contributed by atoms with van der Waals surface area (Å²) in [4.78, 5) is 4.72. The van der Waals surface area contributed by atoms with Crippen LogP contribution in [0.3, 0.4) is 0 Å². The van der Waals surface area contributed by atoms with Crippen molar-refractivity contribution in [3.8, 4) is 0 Å². The van der Waals surface area contributed by atoms with Gasteiger partial charge in [-0.2, -0.15) is 11.8 Å². The fraction of sp³-hybridized carbons (Fsp3) is 0.917. The summed E-state index contributed by atoms with van der Waals surface area (Å²) in [5.74, 6) is 2.55. The number of rotatable bonds is 8. The summed E-state index contributed by atoms with van der Waals surface area (Å²) in [7, 11) is 0. The predicted octanol–water partition coefficient (Wildman–Crippen LogP) is 3.00. The van der Waals surface area contributed by atoms with Gasteiger partial charge in [-0.1, -0.05) is 20.8 Å². The number of aliphatic imine (C=N–C) groups is 1. The summed E-state index contributed by atoms with van der Waals surface area (Å²) >= 11 is 1.79. The molecule has 0 bridgehead atoms. The zero-order chi connectivity index (χ0) is 11.7. The van der Waals surface area contributed by atoms with E-state index >= 15 is 0 Å². The molecule has 0 radical (unpaired) electrons. The van der Waals surface area contributed by atoms with E-state index in [2.05, 4.69) is 27.7 Å². The van der Waals surface area contributed by atoms with E-state index in [1.807, 2.05) is 0 Å². The Labute approximate surface area is 98.6 Å². The first-order valence-electron chi connectivity index (χ1n) is 5.82. The quantitative estimate of drug-likeness (QED) is 0.514. The van der Waals surface area contributed by atoms with E-state index in [4.69, 9.17) is 10.1 Å². The Morgan fingerprint density at radius 3 is 2.53 bits per heavy atom. The minimum absolute atomic E-state index is 0.274. The number of aliphatic hydroxyl groups is 1. The van der Waals surface area contributed by atoms with Gasteiger partial charge in [0.2, 0.25) is 0 Å². The van der Waals surface area contributed by atoms with Crippen molar-refractivity contribution in [2.75, 3.05) is 18.1 Å². The van der Waals surface area contributed by atoms with E-state index in [0.717, 1.165) is 24.3 Å². The molecule has 0 aromatic carbocycles. The Kier molecular flexibility index (Phi) is 9.21. The van der Waals surface area contributed by atoms with Crippen LogP contribution < -0.4 is 0 Å². The monoisotopic (exact) mass is 231 g/mol. The third-order valence-corrected chi connectivity index (χ3v) is 3.22. The predicted molar refractivity (Wildman–Crippen MR) is 71.1 cm³/mol. The molecule has 15 heavy (non-hydrogen) atoms. The number of aliphatic hydroxyl groups excluding tert-OH is 1. The van der Waals surface area contributed by atoms with Gasteiger partial charge >= 0.3 is 0 Å². The van der Waals surface area contributed by atoms with E-state index in [1.165, 1.54) is 5.71 Å². The van der Waals surface area contributed by atoms with Gasteiger partial charge in [-0.05, 0) is 25.7 Å². The summed E-state index contributed by atoms with van der Waals surface area (Å²) in [6, 6.07) is 0.431. The molecule has 90 valence electrons. The summed E-state index contributed by atoms with van der Waals surface area (Å²) < 4.78 is 0. The van der Waals surface area contributed by atoms with Crippen LogP contribution in [0.15, 0.2) is 4.99 Å². The van der Waals surface area contributed by atoms with Crippen LogP contribution in [0.5, 0.6) is 0 Å². The second-order valence-corrected chi connectivity index (χ2v) is 5.47. The number of thioether (sulfide) groups is 1. The Morgan fingerprint density at radius 1 is 1.40 bits per heavy atom. The van der Waals surface area contributed by atoms with E-state index in [9.17, 15) is 0 Å². The van der Waals surface area contributed by atoms with E-state index in [0.29, 0.717) is 12.0 Å². The third-order valence-electron chi connectivity index (χ3n) is 2.12. The average Bonchev–Trinajstić information content (AvgIpc) is 2.15. The van der Waals surface area contributed by atoms with Gasteiger partial charge in [0.25, 0.3) is 0 Å². The summed E-state index contributed by atoms with van der Waals surface area (Å²) in [5, 5.41) is 8.70. The molecule has 1 N–H and O–H groups in total. The maximum absolute atomic E-state index is 8.70. The van der Waals surface area contributed by atoms with Crippen LogP contribution >= 0.6 is 11.8 Å². The average molecular weight is 231 g/mol. The van der Waals surface area contributed by atoms with Crippen molar-refractivity contribution in [3.63, 3.8) is 0 Å². The zero-order valence-electron chi connectivity index (χ0n) is 10.5. The number of hydrogen-bond acceptors (Lipinski definition) is 3. The molecule has 3 heteroatoms. The molecular weight excluding hydrogens is 206 g/mol. The van der Waals surface area contributed by atoms with Crippen LogP contribution in [0.25, 0.3) is 0 Å². The second kappa shape index (κ2) is 9.22. The van der Waals surface area contributed by atoms with Crippen molar-refractivity contribution in [3.05, 3.63) is 0 Å². The molecule has 0 amide bonds. The molecule has 0 aliphatic heterocycles. The molecule has 2 nitrogen and oxygen atoms in total. The minimum Gasteiger partial charge on any atom is -0.396 e. The lowest BCUT2D eigenvalue weighted by Gasteiger charge is -2.12. The first-order chi connectivity index (χ1) is 7.10. The fourth-order valence-corrected chi connectivity index (χ4v) is 2.36. The number of nitrogens with zero attached hydrogens (tertiary/aromatic N) is 1. The van der Waals surface area contributed by atoms with Crippen molar-refractivity contribution >= 4 is 17.5 Å². The number of hydrogen-bond donors (Lipinski definition) is 1. The Balaban J connectivity index is 3.94. The normalized spacial score (nSPS) is 14.7. The third kappa shape index (κ3) is 8.94. The highest BCUT2D eigenvalue weighted by atomic mass is 32.2. The lowest BCUT2D eigenvalue weighted by molar-refractivity contribution is 0.322. The molecule has 0 saturated carbocycles. The van der Waals surface area contributed by atoms with Gasteiger partial charge in [0, 0.05) is 17.2 Å². The first-order valence-corrected chi connectivity index (χ1v) is 6.97. The standard InChI is InChI=1S/C12H25NOS/c1-5-12(9-15-7-6-14)13-11(4)8-10(2)3/h10,12,14H,5-9H2,1-4H3. The molecule has 0 aromatic heterocycles. The molecule has 0 rings (SSSR count). The summed E-state index contributed by atoms with van der Waals surface area (Å²) in [6.07, 6.45) is 2.19. The smallest absolute Gasteiger partial charge is 0.0586 e. The van der Waals surface area contributed by atoms with Gasteiger partial charge < -0.3 is 5.11 Å².